The summed E-state index contributed by atoms with van der Waals surface area (Å²) < 4.78 is 0. The topological polar surface area (TPSA) is 66.2 Å². The van der Waals surface area contributed by atoms with Gasteiger partial charge in [-0.2, -0.15) is 0 Å². The first-order valence-electron chi connectivity index (χ1n) is 3.92. The van der Waals surface area contributed by atoms with Crippen LogP contribution in [0.25, 0.3) is 0 Å². The zero-order valence-electron chi connectivity index (χ0n) is 7.11. The second kappa shape index (κ2) is 2.93. The van der Waals surface area contributed by atoms with E-state index < -0.39 is 0 Å². The number of hydrogen-bond donors (Lipinski definition) is 1. The van der Waals surface area contributed by atoms with Crippen molar-refractivity contribution in [1.29, 1.82) is 0 Å². The molecule has 5 nitrogen and oxygen atoms in total. The Hall–Kier alpha value is -1.78. The van der Waals surface area contributed by atoms with Crippen LogP contribution in [0.4, 0.5) is 0 Å². The third kappa shape index (κ3) is 1.28. The number of carbonyl (C=O) groups is 1. The Morgan fingerprint density at radius 1 is 1.54 bits per heavy atom. The van der Waals surface area contributed by atoms with Crippen molar-refractivity contribution in [3.63, 3.8) is 0 Å². The fourth-order valence-corrected chi connectivity index (χ4v) is 1.22. The molecular formula is C8H8N4O. The SMILES string of the molecule is CNC(=O)C1=CC=C2N=NN=C2C1. The molecule has 0 radical (unpaired) electrons. The van der Waals surface area contributed by atoms with Crippen LogP contribution >= 0.6 is 0 Å². The van der Waals surface area contributed by atoms with Gasteiger partial charge < -0.3 is 5.32 Å². The molecule has 2 rings (SSSR count). The summed E-state index contributed by atoms with van der Waals surface area (Å²) in [5, 5.41) is 13.7. The van der Waals surface area contributed by atoms with Crippen LogP contribution in [0, 0.1) is 0 Å². The maximum absolute atomic E-state index is 11.2. The molecule has 0 spiro atoms. The molecule has 0 saturated carbocycles. The Morgan fingerprint density at radius 3 is 3.15 bits per heavy atom. The Balaban J connectivity index is 2.25. The molecule has 1 heterocycles. The molecule has 0 aromatic rings. The molecule has 0 saturated heterocycles. The lowest BCUT2D eigenvalue weighted by Crippen LogP contribution is -2.22. The lowest BCUT2D eigenvalue weighted by Gasteiger charge is -2.08. The largest absolute Gasteiger partial charge is 0.355 e. The van der Waals surface area contributed by atoms with Gasteiger partial charge in [-0.05, 0) is 11.3 Å². The molecule has 1 aliphatic heterocycles. The van der Waals surface area contributed by atoms with Crippen LogP contribution < -0.4 is 5.32 Å². The molecule has 13 heavy (non-hydrogen) atoms. The van der Waals surface area contributed by atoms with E-state index in [-0.39, 0.29) is 5.91 Å². The van der Waals surface area contributed by atoms with Crippen LogP contribution in [0.1, 0.15) is 6.42 Å². The van der Waals surface area contributed by atoms with Crippen LogP contribution in [0.2, 0.25) is 0 Å². The second-order valence-corrected chi connectivity index (χ2v) is 2.74. The molecule has 0 atom stereocenters. The van der Waals surface area contributed by atoms with Gasteiger partial charge in [-0.15, -0.1) is 10.2 Å². The highest BCUT2D eigenvalue weighted by atomic mass is 16.1. The van der Waals surface area contributed by atoms with E-state index in [0.717, 1.165) is 11.4 Å². The number of likely N-dealkylation sites (N-methyl/N-ethyl adjacent to an activating group) is 1. The molecular weight excluding hydrogens is 168 g/mol. The van der Waals surface area contributed by atoms with Crippen molar-refractivity contribution < 1.29 is 4.79 Å². The molecule has 2 aliphatic rings. The molecule has 5 heteroatoms. The molecule has 0 aromatic carbocycles. The van der Waals surface area contributed by atoms with Crippen molar-refractivity contribution in [2.24, 2.45) is 15.4 Å². The summed E-state index contributed by atoms with van der Waals surface area (Å²) in [7, 11) is 1.60. The number of allylic oxidation sites excluding steroid dienone is 3. The Morgan fingerprint density at radius 2 is 2.38 bits per heavy atom. The normalized spacial score (nSPS) is 18.7. The fraction of sp³-hybridized carbons (Fsp3) is 0.250. The first-order chi connectivity index (χ1) is 6.31. The molecule has 66 valence electrons. The lowest BCUT2D eigenvalue weighted by atomic mass is 10.0. The van der Waals surface area contributed by atoms with Gasteiger partial charge in [0.2, 0.25) is 5.91 Å². The lowest BCUT2D eigenvalue weighted by molar-refractivity contribution is -0.117. The Labute approximate surface area is 74.9 Å². The molecule has 1 aliphatic carbocycles. The highest BCUT2D eigenvalue weighted by molar-refractivity contribution is 6.09. The van der Waals surface area contributed by atoms with Gasteiger partial charge in [0.05, 0.1) is 5.71 Å². The van der Waals surface area contributed by atoms with Crippen molar-refractivity contribution in [2.75, 3.05) is 7.05 Å². The minimum absolute atomic E-state index is 0.0788. The maximum atomic E-state index is 11.2. The predicted octanol–water partition coefficient (Wildman–Crippen LogP) is 0.768. The van der Waals surface area contributed by atoms with Gasteiger partial charge in [0.25, 0.3) is 0 Å². The molecule has 0 fully saturated rings. The summed E-state index contributed by atoms with van der Waals surface area (Å²) >= 11 is 0. The zero-order valence-corrected chi connectivity index (χ0v) is 7.11. The average Bonchev–Trinajstić information content (AvgIpc) is 2.63. The van der Waals surface area contributed by atoms with E-state index in [1.165, 1.54) is 0 Å². The van der Waals surface area contributed by atoms with E-state index in [9.17, 15) is 4.79 Å². The Kier molecular flexibility index (Phi) is 1.77. The molecule has 1 N–H and O–H groups in total. The van der Waals surface area contributed by atoms with E-state index in [1.807, 2.05) is 0 Å². The van der Waals surface area contributed by atoms with Crippen molar-refractivity contribution in [1.82, 2.24) is 5.32 Å². The van der Waals surface area contributed by atoms with E-state index in [1.54, 1.807) is 19.2 Å². The summed E-state index contributed by atoms with van der Waals surface area (Å²) in [5.74, 6) is -0.0788. The molecule has 0 aromatic heterocycles. The fourth-order valence-electron chi connectivity index (χ4n) is 1.22. The number of nitrogens with zero attached hydrogens (tertiary/aromatic N) is 3. The van der Waals surface area contributed by atoms with Gasteiger partial charge in [0.1, 0.15) is 5.70 Å². The summed E-state index contributed by atoms with van der Waals surface area (Å²) in [6.45, 7) is 0. The van der Waals surface area contributed by atoms with Crippen LogP contribution in [0.15, 0.2) is 38.9 Å². The third-order valence-electron chi connectivity index (χ3n) is 1.93. The highest BCUT2D eigenvalue weighted by Crippen LogP contribution is 2.21. The van der Waals surface area contributed by atoms with Gasteiger partial charge in [-0.1, -0.05) is 6.08 Å². The highest BCUT2D eigenvalue weighted by Gasteiger charge is 2.20. The first kappa shape index (κ1) is 7.85. The van der Waals surface area contributed by atoms with Crippen molar-refractivity contribution in [2.45, 2.75) is 6.42 Å². The van der Waals surface area contributed by atoms with E-state index in [2.05, 4.69) is 20.8 Å². The first-order valence-corrected chi connectivity index (χ1v) is 3.92. The van der Waals surface area contributed by atoms with E-state index in [0.29, 0.717) is 12.0 Å². The standard InChI is InChI=1S/C8H8N4O/c1-9-8(13)5-2-3-6-7(4-5)11-12-10-6/h2-3H,4H2,1H3,(H,9,13). The van der Waals surface area contributed by atoms with Crippen LogP contribution in [-0.2, 0) is 4.79 Å². The quantitative estimate of drug-likeness (QED) is 0.630. The third-order valence-corrected chi connectivity index (χ3v) is 1.93. The average molecular weight is 176 g/mol. The number of rotatable bonds is 1. The molecule has 0 unspecified atom stereocenters. The Bertz CT molecular complexity index is 376. The summed E-state index contributed by atoms with van der Waals surface area (Å²) in [4.78, 5) is 11.2. The summed E-state index contributed by atoms with van der Waals surface area (Å²) in [6.07, 6.45) is 4.01. The van der Waals surface area contributed by atoms with Gasteiger partial charge >= 0.3 is 0 Å². The zero-order chi connectivity index (χ0) is 9.26. The second-order valence-electron chi connectivity index (χ2n) is 2.74. The van der Waals surface area contributed by atoms with Gasteiger partial charge in [-0.3, -0.25) is 4.79 Å². The minimum Gasteiger partial charge on any atom is -0.355 e. The van der Waals surface area contributed by atoms with Crippen LogP contribution in [-0.4, -0.2) is 18.7 Å². The van der Waals surface area contributed by atoms with Crippen molar-refractivity contribution in [3.8, 4) is 0 Å². The number of nitrogens with one attached hydrogen (secondary N) is 1. The van der Waals surface area contributed by atoms with E-state index >= 15 is 0 Å². The minimum atomic E-state index is -0.0788. The van der Waals surface area contributed by atoms with E-state index in [4.69, 9.17) is 0 Å². The van der Waals surface area contributed by atoms with Crippen LogP contribution in [0.3, 0.4) is 0 Å². The summed E-state index contributed by atoms with van der Waals surface area (Å²) in [6, 6.07) is 0. The number of carbonyl (C=O) groups excluding carboxylic acids is 1. The van der Waals surface area contributed by atoms with Gasteiger partial charge in [0.15, 0.2) is 0 Å². The van der Waals surface area contributed by atoms with Crippen LogP contribution in [0.5, 0.6) is 0 Å². The monoisotopic (exact) mass is 176 g/mol. The number of amides is 1. The summed E-state index contributed by atoms with van der Waals surface area (Å²) in [5.41, 5.74) is 2.21. The van der Waals surface area contributed by atoms with Crippen molar-refractivity contribution in [3.05, 3.63) is 23.4 Å². The molecule has 0 bridgehead atoms. The van der Waals surface area contributed by atoms with Crippen molar-refractivity contribution >= 4 is 11.6 Å². The maximum Gasteiger partial charge on any atom is 0.247 e. The van der Waals surface area contributed by atoms with Gasteiger partial charge in [-0.25, -0.2) is 0 Å². The molecule has 1 amide bonds. The number of fused-ring (bicyclic) bond motifs is 1. The predicted molar refractivity (Wildman–Crippen MR) is 47.1 cm³/mol. The smallest absolute Gasteiger partial charge is 0.247 e. The van der Waals surface area contributed by atoms with Gasteiger partial charge in [0, 0.05) is 19.0 Å². The number of hydrogen-bond acceptors (Lipinski definition) is 4.